The van der Waals surface area contributed by atoms with E-state index in [0.29, 0.717) is 18.5 Å². The van der Waals surface area contributed by atoms with Gasteiger partial charge in [-0.2, -0.15) is 0 Å². The van der Waals surface area contributed by atoms with E-state index in [0.717, 1.165) is 18.5 Å². The molecule has 1 fully saturated rings. The fraction of sp³-hybridized carbons (Fsp3) is 0.667. The average molecular weight is 221 g/mol. The standard InChI is InChI=1S/C12H19N3O/c13-9-11-12(15-8-7-14-11)16-10-5-3-1-2-4-6-10/h7-8,10H,1-6,9,13H2. The maximum Gasteiger partial charge on any atom is 0.237 e. The van der Waals surface area contributed by atoms with E-state index >= 15 is 0 Å². The normalized spacial score (nSPS) is 18.1. The maximum atomic E-state index is 5.90. The SMILES string of the molecule is NCc1nccnc1OC1CCCCCC1. The van der Waals surface area contributed by atoms with Gasteiger partial charge in [0.05, 0.1) is 0 Å². The largest absolute Gasteiger partial charge is 0.473 e. The van der Waals surface area contributed by atoms with Gasteiger partial charge in [-0.3, -0.25) is 4.98 Å². The summed E-state index contributed by atoms with van der Waals surface area (Å²) in [4.78, 5) is 8.38. The molecular formula is C12H19N3O. The molecule has 1 aliphatic carbocycles. The fourth-order valence-electron chi connectivity index (χ4n) is 2.11. The van der Waals surface area contributed by atoms with E-state index < -0.39 is 0 Å². The monoisotopic (exact) mass is 221 g/mol. The van der Waals surface area contributed by atoms with Gasteiger partial charge in [-0.05, 0) is 25.7 Å². The smallest absolute Gasteiger partial charge is 0.237 e. The van der Waals surface area contributed by atoms with E-state index in [4.69, 9.17) is 10.5 Å². The molecule has 2 N–H and O–H groups in total. The van der Waals surface area contributed by atoms with Gasteiger partial charge in [0.2, 0.25) is 5.88 Å². The Bertz CT molecular complexity index is 322. The zero-order valence-corrected chi connectivity index (χ0v) is 9.56. The van der Waals surface area contributed by atoms with Crippen molar-refractivity contribution in [1.82, 2.24) is 9.97 Å². The molecule has 0 aromatic carbocycles. The molecule has 88 valence electrons. The topological polar surface area (TPSA) is 61.0 Å². The van der Waals surface area contributed by atoms with Crippen LogP contribution in [0.3, 0.4) is 0 Å². The lowest BCUT2D eigenvalue weighted by atomic mass is 10.1. The van der Waals surface area contributed by atoms with Crippen LogP contribution in [0.25, 0.3) is 0 Å². The Kier molecular flexibility index (Phi) is 4.10. The van der Waals surface area contributed by atoms with Gasteiger partial charge >= 0.3 is 0 Å². The lowest BCUT2D eigenvalue weighted by Gasteiger charge is -2.17. The molecule has 0 unspecified atom stereocenters. The van der Waals surface area contributed by atoms with Crippen molar-refractivity contribution in [2.75, 3.05) is 0 Å². The molecule has 1 saturated carbocycles. The van der Waals surface area contributed by atoms with Gasteiger partial charge in [0.25, 0.3) is 0 Å². The van der Waals surface area contributed by atoms with Crippen molar-refractivity contribution < 1.29 is 4.74 Å². The van der Waals surface area contributed by atoms with Crippen molar-refractivity contribution in [3.05, 3.63) is 18.1 Å². The van der Waals surface area contributed by atoms with Crippen LogP contribution in [0, 0.1) is 0 Å². The van der Waals surface area contributed by atoms with Gasteiger partial charge < -0.3 is 10.5 Å². The molecule has 1 aromatic heterocycles. The van der Waals surface area contributed by atoms with E-state index in [1.54, 1.807) is 12.4 Å². The van der Waals surface area contributed by atoms with E-state index in [1.165, 1.54) is 25.7 Å². The third-order valence-electron chi connectivity index (χ3n) is 3.01. The van der Waals surface area contributed by atoms with E-state index in [1.807, 2.05) is 0 Å². The predicted molar refractivity (Wildman–Crippen MR) is 62.0 cm³/mol. The first-order valence-electron chi connectivity index (χ1n) is 6.07. The number of nitrogens with two attached hydrogens (primary N) is 1. The molecule has 4 heteroatoms. The van der Waals surface area contributed by atoms with Crippen LogP contribution in [0.2, 0.25) is 0 Å². The minimum absolute atomic E-state index is 0.296. The zero-order chi connectivity index (χ0) is 11.2. The molecule has 0 saturated heterocycles. The first-order valence-corrected chi connectivity index (χ1v) is 6.07. The molecular weight excluding hydrogens is 202 g/mol. The van der Waals surface area contributed by atoms with Crippen LogP contribution >= 0.6 is 0 Å². The van der Waals surface area contributed by atoms with Gasteiger partial charge in [-0.25, -0.2) is 4.98 Å². The third-order valence-corrected chi connectivity index (χ3v) is 3.01. The maximum absolute atomic E-state index is 5.90. The highest BCUT2D eigenvalue weighted by Gasteiger charge is 2.16. The molecule has 2 rings (SSSR count). The highest BCUT2D eigenvalue weighted by Crippen LogP contribution is 2.22. The summed E-state index contributed by atoms with van der Waals surface area (Å²) < 4.78 is 5.90. The van der Waals surface area contributed by atoms with Gasteiger partial charge in [0, 0.05) is 18.9 Å². The molecule has 0 amide bonds. The summed E-state index contributed by atoms with van der Waals surface area (Å²) in [6.07, 6.45) is 11.0. The van der Waals surface area contributed by atoms with Crippen LogP contribution in [0.1, 0.15) is 44.2 Å². The van der Waals surface area contributed by atoms with E-state index in [-0.39, 0.29) is 0 Å². The summed E-state index contributed by atoms with van der Waals surface area (Å²) in [6, 6.07) is 0. The third kappa shape index (κ3) is 2.92. The minimum Gasteiger partial charge on any atom is -0.473 e. The van der Waals surface area contributed by atoms with Crippen LogP contribution in [0.5, 0.6) is 5.88 Å². The summed E-state index contributed by atoms with van der Waals surface area (Å²) in [5, 5.41) is 0. The highest BCUT2D eigenvalue weighted by atomic mass is 16.5. The van der Waals surface area contributed by atoms with Crippen molar-refractivity contribution in [3.63, 3.8) is 0 Å². The summed E-state index contributed by atoms with van der Waals surface area (Å²) in [6.45, 7) is 0.385. The van der Waals surface area contributed by atoms with Gasteiger partial charge in [0.15, 0.2) is 0 Å². The van der Waals surface area contributed by atoms with Crippen molar-refractivity contribution in [2.24, 2.45) is 5.73 Å². The van der Waals surface area contributed by atoms with Crippen LogP contribution < -0.4 is 10.5 Å². The van der Waals surface area contributed by atoms with Crippen LogP contribution in [-0.4, -0.2) is 16.1 Å². The first-order chi connectivity index (χ1) is 7.90. The van der Waals surface area contributed by atoms with Crippen LogP contribution in [-0.2, 0) is 6.54 Å². The van der Waals surface area contributed by atoms with Crippen molar-refractivity contribution in [3.8, 4) is 5.88 Å². The molecule has 4 nitrogen and oxygen atoms in total. The highest BCUT2D eigenvalue weighted by molar-refractivity contribution is 5.17. The number of aromatic nitrogens is 2. The molecule has 1 aromatic rings. The Labute approximate surface area is 96.2 Å². The Morgan fingerprint density at radius 1 is 1.12 bits per heavy atom. The van der Waals surface area contributed by atoms with Gasteiger partial charge in [0.1, 0.15) is 11.8 Å². The number of ether oxygens (including phenoxy) is 1. The zero-order valence-electron chi connectivity index (χ0n) is 9.56. The van der Waals surface area contributed by atoms with Crippen molar-refractivity contribution in [2.45, 2.75) is 51.2 Å². The lowest BCUT2D eigenvalue weighted by Crippen LogP contribution is -2.18. The Hall–Kier alpha value is -1.16. The van der Waals surface area contributed by atoms with Gasteiger partial charge in [-0.15, -0.1) is 0 Å². The summed E-state index contributed by atoms with van der Waals surface area (Å²) in [5.41, 5.74) is 6.36. The van der Waals surface area contributed by atoms with Crippen LogP contribution in [0.4, 0.5) is 0 Å². The van der Waals surface area contributed by atoms with E-state index in [9.17, 15) is 0 Å². The summed E-state index contributed by atoms with van der Waals surface area (Å²) in [7, 11) is 0. The molecule has 0 aliphatic heterocycles. The molecule has 1 aliphatic rings. The summed E-state index contributed by atoms with van der Waals surface area (Å²) >= 11 is 0. The van der Waals surface area contributed by atoms with Crippen molar-refractivity contribution in [1.29, 1.82) is 0 Å². The number of hydrogen-bond donors (Lipinski definition) is 1. The second kappa shape index (κ2) is 5.80. The Morgan fingerprint density at radius 2 is 1.81 bits per heavy atom. The van der Waals surface area contributed by atoms with Gasteiger partial charge in [-0.1, -0.05) is 12.8 Å². The average Bonchev–Trinajstić information content (AvgIpc) is 2.58. The number of rotatable bonds is 3. The first kappa shape index (κ1) is 11.3. The Balaban J connectivity index is 2.01. The minimum atomic E-state index is 0.296. The lowest BCUT2D eigenvalue weighted by molar-refractivity contribution is 0.173. The predicted octanol–water partition coefficient (Wildman–Crippen LogP) is 2.04. The van der Waals surface area contributed by atoms with Crippen LogP contribution in [0.15, 0.2) is 12.4 Å². The molecule has 16 heavy (non-hydrogen) atoms. The summed E-state index contributed by atoms with van der Waals surface area (Å²) in [5.74, 6) is 0.622. The van der Waals surface area contributed by atoms with E-state index in [2.05, 4.69) is 9.97 Å². The number of nitrogens with zero attached hydrogens (tertiary/aromatic N) is 2. The molecule has 0 radical (unpaired) electrons. The van der Waals surface area contributed by atoms with Crippen molar-refractivity contribution >= 4 is 0 Å². The molecule has 0 spiro atoms. The second-order valence-corrected chi connectivity index (χ2v) is 4.24. The molecule has 1 heterocycles. The quantitative estimate of drug-likeness (QED) is 0.793. The molecule has 0 atom stereocenters. The Morgan fingerprint density at radius 3 is 2.50 bits per heavy atom. The second-order valence-electron chi connectivity index (χ2n) is 4.24. The fourth-order valence-corrected chi connectivity index (χ4v) is 2.11. The number of hydrogen-bond acceptors (Lipinski definition) is 4. The molecule has 0 bridgehead atoms.